The molecule has 3 rings (SSSR count). The van der Waals surface area contributed by atoms with E-state index in [1.54, 1.807) is 38.1 Å². The van der Waals surface area contributed by atoms with Gasteiger partial charge in [0.2, 0.25) is 21.8 Å². The number of nitrogens with zero attached hydrogens (tertiary/aromatic N) is 2. The molecule has 3 aromatic rings. The molecule has 0 aliphatic rings. The predicted molar refractivity (Wildman–Crippen MR) is 152 cm³/mol. The summed E-state index contributed by atoms with van der Waals surface area (Å²) < 4.78 is 40.7. The van der Waals surface area contributed by atoms with Gasteiger partial charge < -0.3 is 10.2 Å². The lowest BCUT2D eigenvalue weighted by Crippen LogP contribution is -2.53. The van der Waals surface area contributed by atoms with Crippen LogP contribution in [0, 0.1) is 19.7 Å². The second-order valence-electron chi connectivity index (χ2n) is 9.65. The molecule has 3 aromatic carbocycles. The molecular weight excluding hydrogens is 517 g/mol. The van der Waals surface area contributed by atoms with E-state index in [1.807, 2.05) is 43.3 Å². The average molecular weight is 554 g/mol. The Hall–Kier alpha value is -3.72. The van der Waals surface area contributed by atoms with Gasteiger partial charge >= 0.3 is 0 Å². The van der Waals surface area contributed by atoms with E-state index >= 15 is 0 Å². The molecular formula is C30H36FN3O4S. The first-order chi connectivity index (χ1) is 18.5. The van der Waals surface area contributed by atoms with Crippen molar-refractivity contribution < 1.29 is 22.4 Å². The summed E-state index contributed by atoms with van der Waals surface area (Å²) in [6.45, 7) is 5.46. The number of rotatable bonds is 12. The van der Waals surface area contributed by atoms with Crippen LogP contribution in [0.15, 0.2) is 72.8 Å². The van der Waals surface area contributed by atoms with Crippen LogP contribution in [0.25, 0.3) is 0 Å². The van der Waals surface area contributed by atoms with E-state index in [0.717, 1.165) is 16.1 Å². The topological polar surface area (TPSA) is 86.8 Å². The Labute approximate surface area is 230 Å². The number of nitrogens with one attached hydrogen (secondary N) is 1. The first-order valence-electron chi connectivity index (χ1n) is 12.9. The highest BCUT2D eigenvalue weighted by atomic mass is 32.2. The predicted octanol–water partition coefficient (Wildman–Crippen LogP) is 4.37. The SMILES string of the molecule is CCCNC(=O)[C@H](Cc1ccccc1)N(Cc1ccc(F)cc1)C(=O)CN(c1c(C)cccc1C)S(C)(=O)=O. The van der Waals surface area contributed by atoms with Crippen LogP contribution in [0.4, 0.5) is 10.1 Å². The summed E-state index contributed by atoms with van der Waals surface area (Å²) in [5, 5.41) is 2.89. The lowest BCUT2D eigenvalue weighted by molar-refractivity contribution is -0.140. The van der Waals surface area contributed by atoms with Gasteiger partial charge in [-0.2, -0.15) is 0 Å². The Morgan fingerprint density at radius 3 is 2.08 bits per heavy atom. The zero-order valence-electron chi connectivity index (χ0n) is 22.9. The van der Waals surface area contributed by atoms with Crippen molar-refractivity contribution in [2.75, 3.05) is 23.7 Å². The number of sulfonamides is 1. The van der Waals surface area contributed by atoms with Crippen LogP contribution in [-0.2, 0) is 32.6 Å². The van der Waals surface area contributed by atoms with Crippen molar-refractivity contribution in [1.82, 2.24) is 10.2 Å². The van der Waals surface area contributed by atoms with E-state index < -0.39 is 34.3 Å². The van der Waals surface area contributed by atoms with Crippen LogP contribution in [-0.4, -0.2) is 50.5 Å². The van der Waals surface area contributed by atoms with Crippen LogP contribution < -0.4 is 9.62 Å². The van der Waals surface area contributed by atoms with Crippen molar-refractivity contribution in [3.8, 4) is 0 Å². The lowest BCUT2D eigenvalue weighted by Gasteiger charge is -2.34. The fourth-order valence-corrected chi connectivity index (χ4v) is 5.45. The minimum Gasteiger partial charge on any atom is -0.354 e. The molecule has 9 heteroatoms. The third-order valence-corrected chi connectivity index (χ3v) is 7.57. The number of halogens is 1. The monoisotopic (exact) mass is 553 g/mol. The molecule has 0 aromatic heterocycles. The van der Waals surface area contributed by atoms with Crippen molar-refractivity contribution >= 4 is 27.5 Å². The van der Waals surface area contributed by atoms with Gasteiger partial charge in [0.05, 0.1) is 11.9 Å². The number of anilines is 1. The number of carbonyl (C=O) groups excluding carboxylic acids is 2. The molecule has 208 valence electrons. The summed E-state index contributed by atoms with van der Waals surface area (Å²) >= 11 is 0. The molecule has 0 saturated heterocycles. The second kappa shape index (κ2) is 13.4. The lowest BCUT2D eigenvalue weighted by atomic mass is 10.0. The number of carbonyl (C=O) groups is 2. The fraction of sp³-hybridized carbons (Fsp3) is 0.333. The highest BCUT2D eigenvalue weighted by Crippen LogP contribution is 2.27. The Morgan fingerprint density at radius 2 is 1.51 bits per heavy atom. The van der Waals surface area contributed by atoms with Crippen LogP contribution >= 0.6 is 0 Å². The van der Waals surface area contributed by atoms with Crippen LogP contribution in [0.1, 0.15) is 35.6 Å². The maximum atomic E-state index is 14.0. The number of amides is 2. The van der Waals surface area contributed by atoms with Gasteiger partial charge in [0.25, 0.3) is 0 Å². The number of hydrogen-bond acceptors (Lipinski definition) is 4. The van der Waals surface area contributed by atoms with Gasteiger partial charge in [0.1, 0.15) is 18.4 Å². The fourth-order valence-electron chi connectivity index (χ4n) is 4.48. The Balaban J connectivity index is 2.07. The smallest absolute Gasteiger partial charge is 0.244 e. The summed E-state index contributed by atoms with van der Waals surface area (Å²) in [4.78, 5) is 28.9. The molecule has 0 unspecified atom stereocenters. The second-order valence-corrected chi connectivity index (χ2v) is 11.6. The summed E-state index contributed by atoms with van der Waals surface area (Å²) in [6.07, 6.45) is 2.00. The number of benzene rings is 3. The molecule has 0 radical (unpaired) electrons. The molecule has 0 saturated carbocycles. The van der Waals surface area contributed by atoms with Crippen molar-refractivity contribution in [2.45, 2.75) is 46.2 Å². The van der Waals surface area contributed by atoms with Crippen LogP contribution in [0.5, 0.6) is 0 Å². The van der Waals surface area contributed by atoms with Crippen LogP contribution in [0.3, 0.4) is 0 Å². The van der Waals surface area contributed by atoms with Crippen molar-refractivity contribution in [1.29, 1.82) is 0 Å². The van der Waals surface area contributed by atoms with Crippen LogP contribution in [0.2, 0.25) is 0 Å². The quantitative estimate of drug-likeness (QED) is 0.361. The van der Waals surface area contributed by atoms with E-state index in [4.69, 9.17) is 0 Å². The maximum Gasteiger partial charge on any atom is 0.244 e. The first-order valence-corrected chi connectivity index (χ1v) is 14.8. The summed E-state index contributed by atoms with van der Waals surface area (Å²) in [5.74, 6) is -1.30. The van der Waals surface area contributed by atoms with Gasteiger partial charge in [0.15, 0.2) is 0 Å². The third kappa shape index (κ3) is 8.13. The Bertz CT molecular complexity index is 1360. The van der Waals surface area contributed by atoms with Gasteiger partial charge in [0, 0.05) is 19.5 Å². The highest BCUT2D eigenvalue weighted by molar-refractivity contribution is 7.92. The zero-order valence-corrected chi connectivity index (χ0v) is 23.7. The molecule has 0 bridgehead atoms. The van der Waals surface area contributed by atoms with Gasteiger partial charge in [-0.1, -0.05) is 67.6 Å². The molecule has 0 aliphatic carbocycles. The van der Waals surface area contributed by atoms with E-state index in [9.17, 15) is 22.4 Å². The van der Waals surface area contributed by atoms with E-state index in [-0.39, 0.29) is 18.9 Å². The summed E-state index contributed by atoms with van der Waals surface area (Å²) in [7, 11) is -3.85. The maximum absolute atomic E-state index is 14.0. The Morgan fingerprint density at radius 1 is 0.897 bits per heavy atom. The number of hydrogen-bond donors (Lipinski definition) is 1. The van der Waals surface area contributed by atoms with Gasteiger partial charge in [-0.05, 0) is 54.7 Å². The summed E-state index contributed by atoms with van der Waals surface area (Å²) in [6, 6.07) is 19.5. The minimum atomic E-state index is -3.85. The largest absolute Gasteiger partial charge is 0.354 e. The normalized spacial score (nSPS) is 12.0. The first kappa shape index (κ1) is 29.8. The molecule has 0 aliphatic heterocycles. The molecule has 1 atom stereocenters. The molecule has 0 spiro atoms. The highest BCUT2D eigenvalue weighted by Gasteiger charge is 2.33. The number of aryl methyl sites for hydroxylation is 2. The summed E-state index contributed by atoms with van der Waals surface area (Å²) in [5.41, 5.74) is 3.31. The molecule has 1 N–H and O–H groups in total. The average Bonchev–Trinajstić information content (AvgIpc) is 2.89. The molecule has 39 heavy (non-hydrogen) atoms. The van der Waals surface area contributed by atoms with Gasteiger partial charge in [-0.3, -0.25) is 13.9 Å². The van der Waals surface area contributed by atoms with Crippen molar-refractivity contribution in [2.24, 2.45) is 0 Å². The van der Waals surface area contributed by atoms with Crippen molar-refractivity contribution in [3.63, 3.8) is 0 Å². The molecule has 0 fully saturated rings. The van der Waals surface area contributed by atoms with Gasteiger partial charge in [-0.25, -0.2) is 12.8 Å². The van der Waals surface area contributed by atoms with E-state index in [1.165, 1.54) is 17.0 Å². The number of para-hydroxylation sites is 1. The molecule has 2 amide bonds. The van der Waals surface area contributed by atoms with E-state index in [0.29, 0.717) is 35.3 Å². The zero-order chi connectivity index (χ0) is 28.6. The van der Waals surface area contributed by atoms with Gasteiger partial charge in [-0.15, -0.1) is 0 Å². The minimum absolute atomic E-state index is 0.000510. The Kier molecular flexibility index (Phi) is 10.2. The molecule has 0 heterocycles. The molecule has 7 nitrogen and oxygen atoms in total. The third-order valence-electron chi connectivity index (χ3n) is 6.45. The standard InChI is InChI=1S/C30H36FN3O4S/c1-5-18-32-30(36)27(19-24-12-7-6-8-13-24)33(20-25-14-16-26(31)17-15-25)28(35)21-34(39(4,37)38)29-22(2)10-9-11-23(29)3/h6-17,27H,5,18-21H2,1-4H3,(H,32,36)/t27-/m0/s1. The van der Waals surface area contributed by atoms with E-state index in [2.05, 4.69) is 5.32 Å². The van der Waals surface area contributed by atoms with Crippen molar-refractivity contribution in [3.05, 3.63) is 101 Å².